The molecule has 6 aromatic carbocycles. The summed E-state index contributed by atoms with van der Waals surface area (Å²) < 4.78 is 74.1. The molecule has 0 unspecified atom stereocenters. The van der Waals surface area contributed by atoms with Gasteiger partial charge in [-0.25, -0.2) is 0 Å². The Morgan fingerprint density at radius 3 is 0.820 bits per heavy atom. The van der Waals surface area contributed by atoms with Crippen molar-refractivity contribution in [2.75, 3.05) is 59.5 Å². The van der Waals surface area contributed by atoms with Crippen LogP contribution < -0.4 is 18.9 Å². The van der Waals surface area contributed by atoms with E-state index in [0.29, 0.717) is 178 Å². The first-order valence-electron chi connectivity index (χ1n) is 34.0. The smallest absolute Gasteiger partial charge is 0.500 e. The van der Waals surface area contributed by atoms with Gasteiger partial charge in [0.2, 0.25) is 5.24 Å². The number of carbonyl (C=O) groups is 5. The third-order valence-electron chi connectivity index (χ3n) is 14.2. The van der Waals surface area contributed by atoms with Gasteiger partial charge in [-0.1, -0.05) is 97.1 Å². The molecule has 100 heavy (non-hydrogen) atoms. The van der Waals surface area contributed by atoms with Crippen LogP contribution in [-0.2, 0) is 102 Å². The van der Waals surface area contributed by atoms with E-state index in [4.69, 9.17) is 58.8 Å². The second-order valence-electron chi connectivity index (χ2n) is 21.8. The maximum Gasteiger partial charge on any atom is 0.500 e. The maximum absolute atomic E-state index is 12.2. The molecule has 0 saturated carbocycles. The van der Waals surface area contributed by atoms with E-state index in [1.807, 2.05) is 135 Å². The van der Waals surface area contributed by atoms with Crippen LogP contribution in [-0.4, -0.2) is 126 Å². The Morgan fingerprint density at radius 2 is 0.590 bits per heavy atom. The topological polar surface area (TPSA) is 246 Å². The van der Waals surface area contributed by atoms with Gasteiger partial charge in [-0.15, -0.1) is 26.3 Å². The maximum atomic E-state index is 12.2. The first-order chi connectivity index (χ1) is 47.9. The summed E-state index contributed by atoms with van der Waals surface area (Å²) in [5.41, 5.74) is 5.04. The molecule has 0 aliphatic heterocycles. The van der Waals surface area contributed by atoms with Crippen LogP contribution in [0.3, 0.4) is 0 Å². The summed E-state index contributed by atoms with van der Waals surface area (Å²) in [6.45, 7) is 44.1. The van der Waals surface area contributed by atoms with Crippen molar-refractivity contribution in [3.63, 3.8) is 0 Å². The summed E-state index contributed by atoms with van der Waals surface area (Å²) in [6, 6.07) is 23.7. The number of benzene rings is 6. The molecule has 0 aliphatic carbocycles. The van der Waals surface area contributed by atoms with E-state index >= 15 is 0 Å². The van der Waals surface area contributed by atoms with Gasteiger partial charge in [-0.05, 0) is 159 Å². The van der Waals surface area contributed by atoms with E-state index in [-0.39, 0.29) is 16.7 Å². The van der Waals surface area contributed by atoms with E-state index in [2.05, 4.69) is 37.9 Å². The van der Waals surface area contributed by atoms with Gasteiger partial charge in [0.15, 0.2) is 0 Å². The lowest BCUT2D eigenvalue weighted by Gasteiger charge is -2.28. The molecule has 550 valence electrons. The summed E-state index contributed by atoms with van der Waals surface area (Å²) >= 11 is 4.64. The van der Waals surface area contributed by atoms with Crippen molar-refractivity contribution in [1.29, 1.82) is 0 Å². The molecule has 6 rings (SSSR count). The Labute approximate surface area is 601 Å². The molecule has 0 atom stereocenters. The molecule has 0 aliphatic rings. The highest BCUT2D eigenvalue weighted by molar-refractivity contribution is 6.63. The van der Waals surface area contributed by atoms with E-state index in [9.17, 15) is 34.2 Å². The van der Waals surface area contributed by atoms with Crippen molar-refractivity contribution in [3.8, 4) is 34.5 Å². The summed E-state index contributed by atoms with van der Waals surface area (Å²) in [4.78, 5) is 56.7. The van der Waals surface area contributed by atoms with Crippen LogP contribution in [0.4, 0.5) is 0 Å². The Morgan fingerprint density at radius 1 is 0.370 bits per heavy atom. The number of hydrogen-bond donors (Lipinski definition) is 2. The zero-order valence-electron chi connectivity index (χ0n) is 61.2. The van der Waals surface area contributed by atoms with Crippen LogP contribution in [0.15, 0.2) is 123 Å². The predicted octanol–water partition coefficient (Wildman–Crippen LogP) is 16.1. The summed E-state index contributed by atoms with van der Waals surface area (Å²) in [5.74, 6) is 0.626. The lowest BCUT2D eigenvalue weighted by molar-refractivity contribution is -0.132. The Hall–Kier alpha value is -7.21. The van der Waals surface area contributed by atoms with E-state index in [1.165, 1.54) is 34.6 Å². The second kappa shape index (κ2) is 48.6. The number of rotatable bonds is 38. The molecular weight excluding hydrogens is 1350 g/mol. The number of aromatic hydroxyl groups is 2. The number of halogens is 1. The monoisotopic (exact) mass is 1460 g/mol. The molecular formula is C76H107ClO20Si3. The average Bonchev–Trinajstić information content (AvgIpc) is 0.792. The van der Waals surface area contributed by atoms with Crippen molar-refractivity contribution in [2.24, 2.45) is 0 Å². The van der Waals surface area contributed by atoms with Crippen LogP contribution >= 0.6 is 11.6 Å². The highest BCUT2D eigenvalue weighted by atomic mass is 35.5. The molecule has 2 N–H and O–H groups in total. The van der Waals surface area contributed by atoms with Crippen molar-refractivity contribution >= 4 is 100 Å². The standard InChI is InChI=1S/C32H52O10Si2.C20H20O4.C16H16O2.C6H16O3Si.C2H3ClO/c1-9-35-43(36-10-2,37-11-3)23-15-17-27-19-21-30-29(31(27)41-25(7)33)22-20-28(32(30)42-26(8)34)18-16-24-44(38-12-4,39-13-5)40-14-6;1-5-7-15-9-11-18-17(19(15)23-13(3)21)12-10-16(8-6-2)20(18)24-14(4)22;1-3-5-11-7-9-14-13(15(11)17)10-8-12(6-4-2)16(14)18;1-4-7-10(8-5-2)9-6-3;1-2(3)4/h19-22H,9-18,23-24H2,1-8H3;5-6,9-12H,1-2,7-8H2,3-4H3;3-4,7-10,17-18H,1-2,5-6H2;10H,4-6H2,1-3H3;1H3. The number of phenolic OH excluding ortho intramolecular Hbond substituents is 2. The molecule has 0 amide bonds. The van der Waals surface area contributed by atoms with Crippen LogP contribution in [0.2, 0.25) is 12.1 Å². The van der Waals surface area contributed by atoms with Crippen molar-refractivity contribution in [1.82, 2.24) is 0 Å². The summed E-state index contributed by atoms with van der Waals surface area (Å²) in [5, 5.41) is 24.1. The Balaban J connectivity index is 0.000000503. The third kappa shape index (κ3) is 29.4. The molecule has 0 spiro atoms. The van der Waals surface area contributed by atoms with Crippen LogP contribution in [0.5, 0.6) is 34.5 Å². The number of hydrogen-bond acceptors (Lipinski definition) is 20. The largest absolute Gasteiger partial charge is 0.507 e. The minimum absolute atomic E-state index is 0.216. The molecule has 0 bridgehead atoms. The van der Waals surface area contributed by atoms with E-state index in [1.54, 1.807) is 24.3 Å². The highest BCUT2D eigenvalue weighted by Crippen LogP contribution is 2.42. The number of phenols is 2. The number of allylic oxidation sites excluding steroid dienone is 4. The van der Waals surface area contributed by atoms with Gasteiger partial charge in [0, 0.05) is 138 Å². The number of aryl methyl sites for hydroxylation is 2. The molecule has 0 radical (unpaired) electrons. The summed E-state index contributed by atoms with van der Waals surface area (Å²) in [7, 11) is -7.37. The Kier molecular flexibility index (Phi) is 43.2. The Bertz CT molecular complexity index is 3330. The van der Waals surface area contributed by atoms with E-state index < -0.39 is 51.0 Å². The first-order valence-corrected chi connectivity index (χ1v) is 39.6. The normalized spacial score (nSPS) is 11.0. The van der Waals surface area contributed by atoms with Crippen molar-refractivity contribution < 1.29 is 93.0 Å². The van der Waals surface area contributed by atoms with Gasteiger partial charge in [0.25, 0.3) is 0 Å². The zero-order chi connectivity index (χ0) is 74.8. The minimum Gasteiger partial charge on any atom is -0.507 e. The summed E-state index contributed by atoms with van der Waals surface area (Å²) in [6.07, 6.45) is 12.0. The van der Waals surface area contributed by atoms with Gasteiger partial charge in [0.1, 0.15) is 34.5 Å². The fourth-order valence-electron chi connectivity index (χ4n) is 10.6. The number of ether oxygens (including phenoxy) is 4. The number of carbonyl (C=O) groups excluding carboxylic acids is 5. The molecule has 6 aromatic rings. The van der Waals surface area contributed by atoms with Gasteiger partial charge in [0.05, 0.1) is 0 Å². The number of esters is 4. The SMILES string of the molecule is C=CCc1ccc2c(O)c(CC=C)ccc2c1O.C=CCc1ccc2c(OC(C)=O)c(CC=C)ccc2c1OC(C)=O.CC(=O)Cl.CCO[SiH](OCC)OCC.CCO[Si](CCCc1ccc2c(OC(C)=O)c(CCC[Si](OCC)(OCC)OCC)ccc2c1OC(C)=O)(OCC)OCC. The fraction of sp³-hybridized carbons (Fsp3) is 0.434. The van der Waals surface area contributed by atoms with Crippen LogP contribution in [0.1, 0.15) is 143 Å². The minimum atomic E-state index is -2.82. The third-order valence-corrected chi connectivity index (χ3v) is 22.4. The molecule has 0 aromatic heterocycles. The average molecular weight is 1460 g/mol. The number of fused-ring (bicyclic) bond motifs is 3. The second-order valence-corrected chi connectivity index (χ2v) is 29.4. The molecule has 0 heterocycles. The molecule has 20 nitrogen and oxygen atoms in total. The van der Waals surface area contributed by atoms with Crippen LogP contribution in [0.25, 0.3) is 32.3 Å². The molecule has 0 fully saturated rings. The van der Waals surface area contributed by atoms with Gasteiger partial charge >= 0.3 is 51.0 Å². The zero-order valence-corrected chi connectivity index (χ0v) is 65.1. The quantitative estimate of drug-likeness (QED) is 0.0120. The lowest BCUT2D eigenvalue weighted by atomic mass is 9.97. The van der Waals surface area contributed by atoms with Crippen LogP contribution in [0, 0.1) is 0 Å². The van der Waals surface area contributed by atoms with Crippen molar-refractivity contribution in [3.05, 3.63) is 157 Å². The van der Waals surface area contributed by atoms with Gasteiger partial charge in [-0.2, -0.15) is 0 Å². The van der Waals surface area contributed by atoms with Crippen molar-refractivity contribution in [2.45, 2.75) is 160 Å². The van der Waals surface area contributed by atoms with E-state index in [0.717, 1.165) is 33.4 Å². The predicted molar refractivity (Wildman–Crippen MR) is 402 cm³/mol. The molecule has 0 saturated heterocycles. The van der Waals surface area contributed by atoms with Gasteiger partial charge in [-0.3, -0.25) is 24.0 Å². The highest BCUT2D eigenvalue weighted by Gasteiger charge is 2.41. The molecule has 24 heteroatoms. The van der Waals surface area contributed by atoms with Gasteiger partial charge < -0.3 is 69.0 Å². The lowest BCUT2D eigenvalue weighted by Crippen LogP contribution is -2.46. The fourth-order valence-corrected chi connectivity index (χ4v) is 16.9. The first kappa shape index (κ1) is 88.9.